The average Bonchev–Trinajstić information content (AvgIpc) is 2.64. The molecule has 2 amide bonds. The molecule has 21 heavy (non-hydrogen) atoms. The third-order valence-corrected chi connectivity index (χ3v) is 6.00. The molecule has 1 N–H and O–H groups in total. The quantitative estimate of drug-likeness (QED) is 0.784. The molecule has 1 spiro atoms. The Morgan fingerprint density at radius 1 is 1.24 bits per heavy atom. The Hall–Kier alpha value is -1.16. The zero-order valence-corrected chi connectivity index (χ0v) is 14.0. The maximum Gasteiger partial charge on any atom is 0.234 e. The number of benzene rings is 1. The van der Waals surface area contributed by atoms with Crippen molar-refractivity contribution in [2.24, 2.45) is 10.8 Å². The van der Waals surface area contributed by atoms with E-state index in [1.807, 2.05) is 24.3 Å². The van der Waals surface area contributed by atoms with E-state index in [0.717, 1.165) is 29.3 Å². The summed E-state index contributed by atoms with van der Waals surface area (Å²) in [6.07, 6.45) is 3.54. The predicted molar refractivity (Wildman–Crippen MR) is 84.7 cm³/mol. The van der Waals surface area contributed by atoms with Gasteiger partial charge < -0.3 is 0 Å². The SMILES string of the molecule is CC1(C)CCCC12CC(=O)NC(=O)C2c1cccc(Br)c1. The summed E-state index contributed by atoms with van der Waals surface area (Å²) in [4.78, 5) is 24.6. The summed E-state index contributed by atoms with van der Waals surface area (Å²) in [7, 11) is 0. The van der Waals surface area contributed by atoms with Crippen molar-refractivity contribution < 1.29 is 9.59 Å². The summed E-state index contributed by atoms with van der Waals surface area (Å²) in [5.41, 5.74) is 0.741. The lowest BCUT2D eigenvalue weighted by molar-refractivity contribution is -0.144. The van der Waals surface area contributed by atoms with Gasteiger partial charge in [0.1, 0.15) is 0 Å². The lowest BCUT2D eigenvalue weighted by Crippen LogP contribution is -2.54. The molecule has 3 rings (SSSR count). The minimum atomic E-state index is -0.257. The van der Waals surface area contributed by atoms with Crippen molar-refractivity contribution in [3.8, 4) is 0 Å². The summed E-state index contributed by atoms with van der Waals surface area (Å²) in [6, 6.07) is 7.93. The van der Waals surface area contributed by atoms with Crippen molar-refractivity contribution in [2.75, 3.05) is 0 Å². The van der Waals surface area contributed by atoms with E-state index in [4.69, 9.17) is 0 Å². The van der Waals surface area contributed by atoms with Crippen molar-refractivity contribution >= 4 is 27.7 Å². The summed E-state index contributed by atoms with van der Waals surface area (Å²) < 4.78 is 0.968. The number of nitrogens with one attached hydrogen (secondary N) is 1. The molecule has 1 saturated carbocycles. The maximum atomic E-state index is 12.6. The molecule has 1 aliphatic heterocycles. The molecule has 0 radical (unpaired) electrons. The van der Waals surface area contributed by atoms with E-state index < -0.39 is 0 Å². The second-order valence-corrected chi connectivity index (χ2v) is 7.89. The Morgan fingerprint density at radius 2 is 2.00 bits per heavy atom. The lowest BCUT2D eigenvalue weighted by Gasteiger charge is -2.49. The minimum Gasteiger partial charge on any atom is -0.296 e. The first kappa shape index (κ1) is 14.8. The molecule has 2 fully saturated rings. The van der Waals surface area contributed by atoms with E-state index >= 15 is 0 Å². The predicted octanol–water partition coefficient (Wildman–Crippen LogP) is 3.78. The van der Waals surface area contributed by atoms with Gasteiger partial charge in [-0.15, -0.1) is 0 Å². The van der Waals surface area contributed by atoms with Crippen LogP contribution in [0, 0.1) is 10.8 Å². The fourth-order valence-corrected chi connectivity index (χ4v) is 4.76. The van der Waals surface area contributed by atoms with Crippen LogP contribution in [0.4, 0.5) is 0 Å². The number of amides is 2. The highest BCUT2D eigenvalue weighted by molar-refractivity contribution is 9.10. The number of rotatable bonds is 1. The van der Waals surface area contributed by atoms with Gasteiger partial charge in [-0.25, -0.2) is 0 Å². The number of imide groups is 1. The number of carbonyl (C=O) groups is 2. The first-order chi connectivity index (χ1) is 9.86. The highest BCUT2D eigenvalue weighted by Crippen LogP contribution is 2.62. The van der Waals surface area contributed by atoms with Crippen molar-refractivity contribution in [1.82, 2.24) is 5.32 Å². The van der Waals surface area contributed by atoms with Crippen LogP contribution in [0.1, 0.15) is 51.0 Å². The zero-order valence-electron chi connectivity index (χ0n) is 12.4. The first-order valence-electron chi connectivity index (χ1n) is 7.45. The normalized spacial score (nSPS) is 31.5. The van der Waals surface area contributed by atoms with Crippen molar-refractivity contribution in [2.45, 2.75) is 45.4 Å². The van der Waals surface area contributed by atoms with Crippen molar-refractivity contribution in [3.63, 3.8) is 0 Å². The fourth-order valence-electron chi connectivity index (χ4n) is 4.35. The monoisotopic (exact) mass is 349 g/mol. The van der Waals surface area contributed by atoms with Gasteiger partial charge in [0.2, 0.25) is 11.8 Å². The molecule has 4 heteroatoms. The van der Waals surface area contributed by atoms with Crippen LogP contribution >= 0.6 is 15.9 Å². The van der Waals surface area contributed by atoms with Crippen LogP contribution in [-0.2, 0) is 9.59 Å². The molecule has 1 aliphatic carbocycles. The van der Waals surface area contributed by atoms with E-state index in [0.29, 0.717) is 6.42 Å². The smallest absolute Gasteiger partial charge is 0.234 e. The molecule has 1 aromatic rings. The highest BCUT2D eigenvalue weighted by Gasteiger charge is 2.59. The largest absolute Gasteiger partial charge is 0.296 e. The highest BCUT2D eigenvalue weighted by atomic mass is 79.9. The van der Waals surface area contributed by atoms with E-state index in [1.165, 1.54) is 0 Å². The van der Waals surface area contributed by atoms with Gasteiger partial charge in [-0.3, -0.25) is 14.9 Å². The Balaban J connectivity index is 2.14. The summed E-state index contributed by atoms with van der Waals surface area (Å²) >= 11 is 3.49. The van der Waals surface area contributed by atoms with Gasteiger partial charge in [-0.1, -0.05) is 48.3 Å². The number of hydrogen-bond donors (Lipinski definition) is 1. The molecule has 1 heterocycles. The number of carbonyl (C=O) groups excluding carboxylic acids is 2. The number of halogens is 1. The maximum absolute atomic E-state index is 12.6. The summed E-state index contributed by atoms with van der Waals surface area (Å²) in [5, 5.41) is 2.54. The third kappa shape index (κ3) is 2.24. The van der Waals surface area contributed by atoms with Gasteiger partial charge in [0, 0.05) is 10.9 Å². The van der Waals surface area contributed by atoms with Gasteiger partial charge in [0.25, 0.3) is 0 Å². The Kier molecular flexibility index (Phi) is 3.47. The van der Waals surface area contributed by atoms with E-state index in [2.05, 4.69) is 35.1 Å². The van der Waals surface area contributed by atoms with Crippen molar-refractivity contribution in [1.29, 1.82) is 0 Å². The molecule has 112 valence electrons. The second kappa shape index (κ2) is 4.94. The average molecular weight is 350 g/mol. The van der Waals surface area contributed by atoms with Crippen LogP contribution in [0.25, 0.3) is 0 Å². The van der Waals surface area contributed by atoms with Gasteiger partial charge in [-0.2, -0.15) is 0 Å². The van der Waals surface area contributed by atoms with Gasteiger partial charge in [0.05, 0.1) is 5.92 Å². The number of hydrogen-bond acceptors (Lipinski definition) is 2. The molecular weight excluding hydrogens is 330 g/mol. The van der Waals surface area contributed by atoms with Crippen LogP contribution in [0.3, 0.4) is 0 Å². The van der Waals surface area contributed by atoms with Crippen LogP contribution in [0.15, 0.2) is 28.7 Å². The van der Waals surface area contributed by atoms with Crippen LogP contribution in [-0.4, -0.2) is 11.8 Å². The van der Waals surface area contributed by atoms with Gasteiger partial charge >= 0.3 is 0 Å². The molecule has 2 atom stereocenters. The van der Waals surface area contributed by atoms with E-state index in [9.17, 15) is 9.59 Å². The molecule has 3 nitrogen and oxygen atoms in total. The molecule has 1 aromatic carbocycles. The molecule has 2 aliphatic rings. The molecule has 2 unspecified atom stereocenters. The molecule has 0 bridgehead atoms. The fraction of sp³-hybridized carbons (Fsp3) is 0.529. The second-order valence-electron chi connectivity index (χ2n) is 6.97. The topological polar surface area (TPSA) is 46.2 Å². The third-order valence-electron chi connectivity index (χ3n) is 5.51. The molecular formula is C17H20BrNO2. The zero-order chi connectivity index (χ0) is 15.3. The Morgan fingerprint density at radius 3 is 2.62 bits per heavy atom. The van der Waals surface area contributed by atoms with Crippen molar-refractivity contribution in [3.05, 3.63) is 34.3 Å². The standard InChI is InChI=1S/C17H20BrNO2/c1-16(2)7-4-8-17(16)10-13(20)19-15(21)14(17)11-5-3-6-12(18)9-11/h3,5-6,9,14H,4,7-8,10H2,1-2H3,(H,19,20,21). The van der Waals surface area contributed by atoms with E-state index in [-0.39, 0.29) is 28.6 Å². The summed E-state index contributed by atoms with van der Waals surface area (Å²) in [5.74, 6) is -0.509. The van der Waals surface area contributed by atoms with Gasteiger partial charge in [-0.05, 0) is 41.4 Å². The number of piperidine rings is 1. The minimum absolute atomic E-state index is 0.00654. The summed E-state index contributed by atoms with van der Waals surface area (Å²) in [6.45, 7) is 4.41. The first-order valence-corrected chi connectivity index (χ1v) is 8.24. The van der Waals surface area contributed by atoms with Crippen LogP contribution < -0.4 is 5.32 Å². The Labute approximate surface area is 133 Å². The Bertz CT molecular complexity index is 611. The van der Waals surface area contributed by atoms with Gasteiger partial charge in [0.15, 0.2) is 0 Å². The van der Waals surface area contributed by atoms with E-state index in [1.54, 1.807) is 0 Å². The molecule has 0 aromatic heterocycles. The van der Waals surface area contributed by atoms with Crippen LogP contribution in [0.2, 0.25) is 0 Å². The van der Waals surface area contributed by atoms with Crippen LogP contribution in [0.5, 0.6) is 0 Å². The lowest BCUT2D eigenvalue weighted by atomic mass is 9.56. The molecule has 1 saturated heterocycles.